The highest BCUT2D eigenvalue weighted by Crippen LogP contribution is 2.35. The van der Waals surface area contributed by atoms with E-state index in [-0.39, 0.29) is 11.1 Å². The van der Waals surface area contributed by atoms with Crippen molar-refractivity contribution >= 4 is 5.91 Å². The lowest BCUT2D eigenvalue weighted by atomic mass is 9.75. The van der Waals surface area contributed by atoms with Gasteiger partial charge in [-0.25, -0.2) is 8.78 Å². The van der Waals surface area contributed by atoms with Gasteiger partial charge in [0.2, 0.25) is 5.91 Å². The van der Waals surface area contributed by atoms with E-state index in [0.717, 1.165) is 25.7 Å². The Morgan fingerprint density at radius 3 is 2.52 bits per heavy atom. The minimum absolute atomic E-state index is 0.124. The second-order valence-electron chi connectivity index (χ2n) is 8.16. The van der Waals surface area contributed by atoms with Gasteiger partial charge in [-0.3, -0.25) is 4.79 Å². The van der Waals surface area contributed by atoms with Crippen LogP contribution >= 0.6 is 0 Å². The molecule has 1 fully saturated rings. The molecule has 0 aromatic heterocycles. The molecule has 0 spiro atoms. The van der Waals surface area contributed by atoms with Crippen LogP contribution in [0.1, 0.15) is 55.5 Å². The molecule has 1 amide bonds. The molecular formula is C22H26F2N2O. The van der Waals surface area contributed by atoms with Gasteiger partial charge in [0, 0.05) is 29.3 Å². The fourth-order valence-corrected chi connectivity index (χ4v) is 3.65. The lowest BCUT2D eigenvalue weighted by molar-refractivity contribution is 0.100. The second kappa shape index (κ2) is 7.77. The molecule has 0 atom stereocenters. The van der Waals surface area contributed by atoms with Gasteiger partial charge in [-0.15, -0.1) is 0 Å². The summed E-state index contributed by atoms with van der Waals surface area (Å²) in [4.78, 5) is 11.3. The predicted molar refractivity (Wildman–Crippen MR) is 103 cm³/mol. The maximum absolute atomic E-state index is 14.6. The van der Waals surface area contributed by atoms with Crippen LogP contribution in [-0.4, -0.2) is 11.9 Å². The van der Waals surface area contributed by atoms with Crippen molar-refractivity contribution in [1.82, 2.24) is 5.32 Å². The first-order valence-electron chi connectivity index (χ1n) is 9.37. The third-order valence-electron chi connectivity index (χ3n) is 5.54. The van der Waals surface area contributed by atoms with Gasteiger partial charge >= 0.3 is 0 Å². The first-order valence-corrected chi connectivity index (χ1v) is 9.37. The summed E-state index contributed by atoms with van der Waals surface area (Å²) in [5.41, 5.74) is 6.76. The van der Waals surface area contributed by atoms with Gasteiger partial charge in [-0.05, 0) is 48.8 Å². The molecule has 3 N–H and O–H groups in total. The molecule has 3 rings (SSSR count). The van der Waals surface area contributed by atoms with E-state index >= 15 is 0 Å². The van der Waals surface area contributed by atoms with E-state index in [1.165, 1.54) is 6.07 Å². The summed E-state index contributed by atoms with van der Waals surface area (Å²) in [6.45, 7) is 4.84. The Morgan fingerprint density at radius 2 is 1.85 bits per heavy atom. The highest BCUT2D eigenvalue weighted by atomic mass is 19.2. The normalized spacial score (nSPS) is 17.0. The van der Waals surface area contributed by atoms with Crippen molar-refractivity contribution in [3.8, 4) is 11.1 Å². The van der Waals surface area contributed by atoms with Gasteiger partial charge in [-0.1, -0.05) is 38.1 Å². The molecule has 144 valence electrons. The first kappa shape index (κ1) is 19.5. The smallest absolute Gasteiger partial charge is 0.248 e. The minimum atomic E-state index is -0.902. The van der Waals surface area contributed by atoms with Crippen molar-refractivity contribution in [3.05, 3.63) is 59.2 Å². The molecule has 3 nitrogen and oxygen atoms in total. The summed E-state index contributed by atoms with van der Waals surface area (Å²) in [5.74, 6) is -2.35. The monoisotopic (exact) mass is 372 g/mol. The molecule has 27 heavy (non-hydrogen) atoms. The molecule has 5 heteroatoms. The van der Waals surface area contributed by atoms with Crippen LogP contribution in [0.25, 0.3) is 11.1 Å². The molecule has 0 heterocycles. The fourth-order valence-electron chi connectivity index (χ4n) is 3.65. The summed E-state index contributed by atoms with van der Waals surface area (Å²) in [5, 5.41) is 3.36. The molecule has 0 radical (unpaired) electrons. The van der Waals surface area contributed by atoms with Crippen LogP contribution in [0.15, 0.2) is 36.4 Å². The number of rotatable bonds is 5. The standard InChI is InChI=1S/C22H26F2N2O/c1-22(2)10-8-17(9-11-22)26-13-16-6-7-18(20(24)19(16)23)14-4-3-5-15(12-14)21(25)27/h3-7,12,17,26H,8-11,13H2,1-2H3,(H2,25,27). The molecule has 1 aliphatic rings. The number of primary amides is 1. The fraction of sp³-hybridized carbons (Fsp3) is 0.409. The number of hydrogen-bond donors (Lipinski definition) is 2. The maximum Gasteiger partial charge on any atom is 0.248 e. The molecule has 0 unspecified atom stereocenters. The number of hydrogen-bond acceptors (Lipinski definition) is 2. The van der Waals surface area contributed by atoms with Crippen LogP contribution < -0.4 is 11.1 Å². The third kappa shape index (κ3) is 4.53. The number of carbonyl (C=O) groups excluding carboxylic acids is 1. The molecule has 0 bridgehead atoms. The molecule has 1 aliphatic carbocycles. The van der Waals surface area contributed by atoms with Crippen LogP contribution in [0.3, 0.4) is 0 Å². The van der Waals surface area contributed by atoms with Gasteiger partial charge < -0.3 is 11.1 Å². The van der Waals surface area contributed by atoms with Crippen molar-refractivity contribution in [2.24, 2.45) is 11.1 Å². The maximum atomic E-state index is 14.6. The Hall–Kier alpha value is -2.27. The van der Waals surface area contributed by atoms with E-state index < -0.39 is 17.5 Å². The average molecular weight is 372 g/mol. The second-order valence-corrected chi connectivity index (χ2v) is 8.16. The van der Waals surface area contributed by atoms with Crippen LogP contribution in [-0.2, 0) is 6.54 Å². The summed E-state index contributed by atoms with van der Waals surface area (Å²) >= 11 is 0. The van der Waals surface area contributed by atoms with E-state index in [2.05, 4.69) is 19.2 Å². The summed E-state index contributed by atoms with van der Waals surface area (Å²) in [7, 11) is 0. The van der Waals surface area contributed by atoms with Gasteiger partial charge in [0.25, 0.3) is 0 Å². The Kier molecular flexibility index (Phi) is 5.61. The van der Waals surface area contributed by atoms with Crippen molar-refractivity contribution in [2.45, 2.75) is 52.1 Å². The Bertz CT molecular complexity index is 838. The van der Waals surface area contributed by atoms with Crippen molar-refractivity contribution in [2.75, 3.05) is 0 Å². The first-order chi connectivity index (χ1) is 12.8. The SMILES string of the molecule is CC1(C)CCC(NCc2ccc(-c3cccc(C(N)=O)c3)c(F)c2F)CC1. The number of halogens is 2. The van der Waals surface area contributed by atoms with Gasteiger partial charge in [0.05, 0.1) is 0 Å². The van der Waals surface area contributed by atoms with Crippen molar-refractivity contribution < 1.29 is 13.6 Å². The quantitative estimate of drug-likeness (QED) is 0.793. The van der Waals surface area contributed by atoms with Gasteiger partial charge in [0.1, 0.15) is 0 Å². The number of carbonyl (C=O) groups is 1. The summed E-state index contributed by atoms with van der Waals surface area (Å²) < 4.78 is 29.2. The van der Waals surface area contributed by atoms with Crippen LogP contribution in [0.4, 0.5) is 8.78 Å². The molecule has 2 aromatic rings. The zero-order valence-electron chi connectivity index (χ0n) is 15.8. The lowest BCUT2D eigenvalue weighted by Gasteiger charge is -2.34. The summed E-state index contributed by atoms with van der Waals surface area (Å²) in [6.07, 6.45) is 4.37. The number of amides is 1. The van der Waals surface area contributed by atoms with Crippen LogP contribution in [0.5, 0.6) is 0 Å². The van der Waals surface area contributed by atoms with E-state index in [4.69, 9.17) is 5.73 Å². The van der Waals surface area contributed by atoms with E-state index in [0.29, 0.717) is 29.1 Å². The lowest BCUT2D eigenvalue weighted by Crippen LogP contribution is -2.35. The third-order valence-corrected chi connectivity index (χ3v) is 5.54. The average Bonchev–Trinajstić information content (AvgIpc) is 2.64. The van der Waals surface area contributed by atoms with Crippen molar-refractivity contribution in [3.63, 3.8) is 0 Å². The Labute approximate surface area is 159 Å². The van der Waals surface area contributed by atoms with Crippen LogP contribution in [0, 0.1) is 17.0 Å². The number of nitrogens with two attached hydrogens (primary N) is 1. The number of benzene rings is 2. The summed E-state index contributed by atoms with van der Waals surface area (Å²) in [6, 6.07) is 9.75. The van der Waals surface area contributed by atoms with Gasteiger partial charge in [0.15, 0.2) is 11.6 Å². The molecule has 0 saturated heterocycles. The van der Waals surface area contributed by atoms with Gasteiger partial charge in [-0.2, -0.15) is 0 Å². The molecule has 2 aromatic carbocycles. The van der Waals surface area contributed by atoms with E-state index in [1.54, 1.807) is 30.3 Å². The number of nitrogens with one attached hydrogen (secondary N) is 1. The highest BCUT2D eigenvalue weighted by molar-refractivity contribution is 5.94. The zero-order chi connectivity index (χ0) is 19.6. The van der Waals surface area contributed by atoms with E-state index in [1.807, 2.05) is 0 Å². The molecule has 1 saturated carbocycles. The van der Waals surface area contributed by atoms with Crippen LogP contribution in [0.2, 0.25) is 0 Å². The largest absolute Gasteiger partial charge is 0.366 e. The molecular weight excluding hydrogens is 346 g/mol. The topological polar surface area (TPSA) is 55.1 Å². The molecule has 0 aliphatic heterocycles. The Morgan fingerprint density at radius 1 is 1.15 bits per heavy atom. The zero-order valence-corrected chi connectivity index (χ0v) is 15.8. The minimum Gasteiger partial charge on any atom is -0.366 e. The van der Waals surface area contributed by atoms with Crippen molar-refractivity contribution in [1.29, 1.82) is 0 Å². The van der Waals surface area contributed by atoms with E-state index in [9.17, 15) is 13.6 Å². The predicted octanol–water partition coefficient (Wildman–Crippen LogP) is 4.79. The highest BCUT2D eigenvalue weighted by Gasteiger charge is 2.26. The Balaban J connectivity index is 1.74.